The van der Waals surface area contributed by atoms with Crippen LogP contribution in [0.4, 0.5) is 11.5 Å². The molecular weight excluding hydrogens is 456 g/mol. The predicted molar refractivity (Wildman–Crippen MR) is 134 cm³/mol. The summed E-state index contributed by atoms with van der Waals surface area (Å²) in [6, 6.07) is 14.4. The number of furan rings is 1. The van der Waals surface area contributed by atoms with Gasteiger partial charge in [0.15, 0.2) is 17.0 Å². The van der Waals surface area contributed by atoms with E-state index in [9.17, 15) is 14.4 Å². The number of halogens is 1. The lowest BCUT2D eigenvalue weighted by atomic mass is 10.1. The van der Waals surface area contributed by atoms with Crippen LogP contribution in [0.25, 0.3) is 11.0 Å². The molecule has 0 aliphatic heterocycles. The molecule has 4 rings (SSSR count). The number of anilines is 2. The van der Waals surface area contributed by atoms with Crippen LogP contribution >= 0.6 is 11.6 Å². The highest BCUT2D eigenvalue weighted by molar-refractivity contribution is 6.35. The monoisotopic (exact) mass is 480 g/mol. The van der Waals surface area contributed by atoms with Gasteiger partial charge in [0.25, 0.3) is 11.5 Å². The minimum atomic E-state index is -0.744. The number of rotatable bonds is 7. The van der Waals surface area contributed by atoms with Gasteiger partial charge in [0.05, 0.1) is 11.6 Å². The SMILES string of the molecule is CCCCn1c(N)c(N(Cc2ccccc2)C(=O)c2oc3c(Cl)cccc3c2C)c(=O)[nH]c1=O. The molecule has 0 saturated carbocycles. The number of para-hydroxylation sites is 1. The minimum absolute atomic E-state index is 0.0448. The average Bonchev–Trinajstić information content (AvgIpc) is 3.16. The number of aromatic amines is 1. The fraction of sp³-hybridized carbons (Fsp3) is 0.240. The number of fused-ring (bicyclic) bond motifs is 1. The van der Waals surface area contributed by atoms with Gasteiger partial charge in [0.1, 0.15) is 5.82 Å². The Labute approximate surface area is 200 Å². The summed E-state index contributed by atoms with van der Waals surface area (Å²) in [5.74, 6) is -0.589. The third kappa shape index (κ3) is 4.24. The van der Waals surface area contributed by atoms with Crippen molar-refractivity contribution in [2.45, 2.75) is 39.8 Å². The number of benzene rings is 2. The maximum atomic E-state index is 13.9. The van der Waals surface area contributed by atoms with Crippen molar-refractivity contribution in [2.24, 2.45) is 0 Å². The van der Waals surface area contributed by atoms with Crippen molar-refractivity contribution < 1.29 is 9.21 Å². The van der Waals surface area contributed by atoms with Crippen LogP contribution in [0, 0.1) is 6.92 Å². The van der Waals surface area contributed by atoms with E-state index in [0.717, 1.165) is 12.0 Å². The zero-order valence-corrected chi connectivity index (χ0v) is 19.7. The molecule has 0 fully saturated rings. The molecule has 0 saturated heterocycles. The van der Waals surface area contributed by atoms with E-state index in [4.69, 9.17) is 21.8 Å². The number of nitrogen functional groups attached to an aromatic ring is 1. The summed E-state index contributed by atoms with van der Waals surface area (Å²) in [5.41, 5.74) is 6.62. The van der Waals surface area contributed by atoms with Crippen molar-refractivity contribution in [2.75, 3.05) is 10.6 Å². The van der Waals surface area contributed by atoms with E-state index >= 15 is 0 Å². The molecule has 2 heterocycles. The number of nitrogens with one attached hydrogen (secondary N) is 1. The second-order valence-electron chi connectivity index (χ2n) is 8.05. The summed E-state index contributed by atoms with van der Waals surface area (Å²) in [5, 5.41) is 1.07. The number of hydrogen-bond donors (Lipinski definition) is 2. The predicted octanol–water partition coefficient (Wildman–Crippen LogP) is 4.47. The highest BCUT2D eigenvalue weighted by Gasteiger charge is 2.30. The number of aromatic nitrogens is 2. The summed E-state index contributed by atoms with van der Waals surface area (Å²) >= 11 is 6.28. The van der Waals surface area contributed by atoms with Crippen LogP contribution in [-0.2, 0) is 13.1 Å². The molecule has 1 amide bonds. The third-order valence-corrected chi connectivity index (χ3v) is 6.06. The summed E-state index contributed by atoms with van der Waals surface area (Å²) in [7, 11) is 0. The maximum absolute atomic E-state index is 13.9. The third-order valence-electron chi connectivity index (χ3n) is 5.76. The molecule has 9 heteroatoms. The van der Waals surface area contributed by atoms with Gasteiger partial charge in [-0.3, -0.25) is 24.0 Å². The Morgan fingerprint density at radius 1 is 1.15 bits per heavy atom. The van der Waals surface area contributed by atoms with Crippen molar-refractivity contribution in [1.29, 1.82) is 0 Å². The van der Waals surface area contributed by atoms with Crippen molar-refractivity contribution in [3.63, 3.8) is 0 Å². The molecule has 34 heavy (non-hydrogen) atoms. The van der Waals surface area contributed by atoms with Gasteiger partial charge in [-0.1, -0.05) is 67.4 Å². The van der Waals surface area contributed by atoms with Crippen LogP contribution < -0.4 is 21.9 Å². The number of nitrogens with two attached hydrogens (primary N) is 1. The van der Waals surface area contributed by atoms with Crippen LogP contribution in [0.15, 0.2) is 62.5 Å². The Morgan fingerprint density at radius 2 is 1.88 bits per heavy atom. The lowest BCUT2D eigenvalue weighted by molar-refractivity contribution is 0.0959. The van der Waals surface area contributed by atoms with Gasteiger partial charge in [-0.05, 0) is 25.0 Å². The molecule has 0 atom stereocenters. The number of nitrogens with zero attached hydrogens (tertiary/aromatic N) is 2. The number of amides is 1. The van der Waals surface area contributed by atoms with Gasteiger partial charge in [-0.15, -0.1) is 0 Å². The first kappa shape index (κ1) is 23.4. The fourth-order valence-corrected chi connectivity index (χ4v) is 4.14. The molecule has 176 valence electrons. The molecule has 0 aliphatic rings. The van der Waals surface area contributed by atoms with Crippen molar-refractivity contribution in [3.05, 3.63) is 91.3 Å². The van der Waals surface area contributed by atoms with Crippen molar-refractivity contribution in [3.8, 4) is 0 Å². The van der Waals surface area contributed by atoms with Gasteiger partial charge in [0, 0.05) is 17.5 Å². The number of unbranched alkanes of at least 4 members (excludes halogenated alkanes) is 1. The van der Waals surface area contributed by atoms with Crippen LogP contribution in [-0.4, -0.2) is 15.5 Å². The van der Waals surface area contributed by atoms with E-state index in [-0.39, 0.29) is 23.8 Å². The highest BCUT2D eigenvalue weighted by atomic mass is 35.5. The van der Waals surface area contributed by atoms with E-state index < -0.39 is 17.2 Å². The van der Waals surface area contributed by atoms with E-state index in [2.05, 4.69) is 4.98 Å². The lowest BCUT2D eigenvalue weighted by Crippen LogP contribution is -2.41. The maximum Gasteiger partial charge on any atom is 0.330 e. The van der Waals surface area contributed by atoms with Crippen molar-refractivity contribution >= 4 is 40.0 Å². The largest absolute Gasteiger partial charge is 0.449 e. The lowest BCUT2D eigenvalue weighted by Gasteiger charge is -2.24. The molecular formula is C25H25ClN4O4. The number of aryl methyl sites for hydroxylation is 1. The van der Waals surface area contributed by atoms with E-state index in [0.29, 0.717) is 34.5 Å². The topological polar surface area (TPSA) is 114 Å². The molecule has 0 radical (unpaired) electrons. The van der Waals surface area contributed by atoms with Gasteiger partial charge >= 0.3 is 5.69 Å². The number of carbonyl (C=O) groups is 1. The fourth-order valence-electron chi connectivity index (χ4n) is 3.93. The summed E-state index contributed by atoms with van der Waals surface area (Å²) in [6.07, 6.45) is 1.51. The van der Waals surface area contributed by atoms with Gasteiger partial charge in [0.2, 0.25) is 0 Å². The average molecular weight is 481 g/mol. The number of H-pyrrole nitrogens is 1. The summed E-state index contributed by atoms with van der Waals surface area (Å²) in [6.45, 7) is 4.10. The first-order chi connectivity index (χ1) is 16.3. The molecule has 0 unspecified atom stereocenters. The Kier molecular flexibility index (Phi) is 6.61. The van der Waals surface area contributed by atoms with E-state index in [1.54, 1.807) is 19.1 Å². The molecule has 0 spiro atoms. The first-order valence-corrected chi connectivity index (χ1v) is 11.4. The van der Waals surface area contributed by atoms with E-state index in [1.165, 1.54) is 9.47 Å². The first-order valence-electron chi connectivity index (χ1n) is 11.0. The van der Waals surface area contributed by atoms with Crippen LogP contribution in [0.1, 0.15) is 41.4 Å². The minimum Gasteiger partial charge on any atom is -0.449 e. The molecule has 4 aromatic rings. The zero-order chi connectivity index (χ0) is 24.4. The Bertz CT molecular complexity index is 1470. The Balaban J connectivity index is 1.91. The van der Waals surface area contributed by atoms with Gasteiger partial charge < -0.3 is 10.2 Å². The zero-order valence-electron chi connectivity index (χ0n) is 18.9. The smallest absolute Gasteiger partial charge is 0.330 e. The quantitative estimate of drug-likeness (QED) is 0.405. The highest BCUT2D eigenvalue weighted by Crippen LogP contribution is 2.32. The Hall–Kier alpha value is -3.78. The standard InChI is InChI=1S/C25H25ClN4O4/c1-3-4-13-29-22(27)19(23(31)28-25(29)33)30(14-16-9-6-5-7-10-16)24(32)20-15(2)17-11-8-12-18(26)21(17)34-20/h5-12H,3-4,13-14,27H2,1-2H3,(H,28,31,33). The molecule has 0 bridgehead atoms. The number of hydrogen-bond acceptors (Lipinski definition) is 5. The number of carbonyl (C=O) groups excluding carboxylic acids is 1. The second kappa shape index (κ2) is 9.61. The molecule has 0 aliphatic carbocycles. The molecule has 2 aromatic carbocycles. The van der Waals surface area contributed by atoms with Gasteiger partial charge in [-0.25, -0.2) is 4.79 Å². The Morgan fingerprint density at radius 3 is 2.56 bits per heavy atom. The van der Waals surface area contributed by atoms with Crippen LogP contribution in [0.3, 0.4) is 0 Å². The van der Waals surface area contributed by atoms with Gasteiger partial charge in [-0.2, -0.15) is 0 Å². The summed E-state index contributed by atoms with van der Waals surface area (Å²) in [4.78, 5) is 42.8. The molecule has 2 aromatic heterocycles. The molecule has 8 nitrogen and oxygen atoms in total. The van der Waals surface area contributed by atoms with Crippen LogP contribution in [0.2, 0.25) is 5.02 Å². The summed E-state index contributed by atoms with van der Waals surface area (Å²) < 4.78 is 7.17. The van der Waals surface area contributed by atoms with Crippen molar-refractivity contribution in [1.82, 2.24) is 9.55 Å². The molecule has 3 N–H and O–H groups in total. The normalized spacial score (nSPS) is 11.1. The second-order valence-corrected chi connectivity index (χ2v) is 8.46. The van der Waals surface area contributed by atoms with E-state index in [1.807, 2.05) is 43.3 Å². The van der Waals surface area contributed by atoms with Crippen LogP contribution in [0.5, 0.6) is 0 Å².